The summed E-state index contributed by atoms with van der Waals surface area (Å²) in [5, 5.41) is 0. The van der Waals surface area contributed by atoms with Crippen LogP contribution in [0.15, 0.2) is 14.7 Å². The number of hydrogen-bond acceptors (Lipinski definition) is 4. The molecule has 2 heterocycles. The molecule has 0 saturated carbocycles. The summed E-state index contributed by atoms with van der Waals surface area (Å²) in [4.78, 5) is 3.61. The summed E-state index contributed by atoms with van der Waals surface area (Å²) in [6.07, 6.45) is 1.75. The van der Waals surface area contributed by atoms with Gasteiger partial charge in [0.2, 0.25) is 10.0 Å². The first-order valence-electron chi connectivity index (χ1n) is 6.82. The van der Waals surface area contributed by atoms with Gasteiger partial charge in [-0.15, -0.1) is 11.3 Å². The number of sulfonamides is 1. The van der Waals surface area contributed by atoms with E-state index in [4.69, 9.17) is 0 Å². The molecule has 20 heavy (non-hydrogen) atoms. The van der Waals surface area contributed by atoms with Crippen LogP contribution in [-0.4, -0.2) is 38.5 Å². The lowest BCUT2D eigenvalue weighted by Crippen LogP contribution is -2.46. The van der Waals surface area contributed by atoms with E-state index < -0.39 is 10.0 Å². The molecule has 0 radical (unpaired) electrons. The van der Waals surface area contributed by atoms with Gasteiger partial charge >= 0.3 is 0 Å². The minimum atomic E-state index is -3.40. The lowest BCUT2D eigenvalue weighted by Gasteiger charge is -2.34. The molecule has 1 aliphatic rings. The molecule has 7 heteroatoms. The fourth-order valence-electron chi connectivity index (χ4n) is 2.51. The van der Waals surface area contributed by atoms with Gasteiger partial charge in [0.05, 0.1) is 8.68 Å². The van der Waals surface area contributed by atoms with Crippen LogP contribution >= 0.6 is 27.3 Å². The summed E-state index contributed by atoms with van der Waals surface area (Å²) in [7, 11) is -3.40. The predicted octanol–water partition coefficient (Wildman–Crippen LogP) is 2.97. The van der Waals surface area contributed by atoms with Gasteiger partial charge in [0.1, 0.15) is 0 Å². The Morgan fingerprint density at radius 2 is 2.00 bits per heavy atom. The average Bonchev–Trinajstić information content (AvgIpc) is 2.69. The quantitative estimate of drug-likeness (QED) is 0.873. The fourth-order valence-corrected chi connectivity index (χ4v) is 6.23. The Labute approximate surface area is 133 Å². The highest BCUT2D eigenvalue weighted by Crippen LogP contribution is 2.30. The second-order valence-corrected chi connectivity index (χ2v) is 9.81. The van der Waals surface area contributed by atoms with E-state index in [0.29, 0.717) is 10.9 Å². The van der Waals surface area contributed by atoms with Crippen LogP contribution in [0.3, 0.4) is 0 Å². The number of likely N-dealkylation sites (tertiary alicyclic amines) is 1. The molecule has 0 amide bonds. The zero-order valence-electron chi connectivity index (χ0n) is 12.0. The van der Waals surface area contributed by atoms with Crippen molar-refractivity contribution >= 4 is 37.3 Å². The second kappa shape index (κ2) is 6.44. The maximum absolute atomic E-state index is 12.4. The highest BCUT2D eigenvalue weighted by atomic mass is 79.9. The van der Waals surface area contributed by atoms with Gasteiger partial charge in [-0.2, -0.15) is 0 Å². The zero-order chi connectivity index (χ0) is 14.9. The van der Waals surface area contributed by atoms with Crippen LogP contribution in [0.1, 0.15) is 31.6 Å². The SMILES string of the molecule is Cc1sc(Br)cc1S(=O)(=O)NC1CCN(C(C)C)CC1. The van der Waals surface area contributed by atoms with E-state index in [9.17, 15) is 8.42 Å². The van der Waals surface area contributed by atoms with Gasteiger partial charge in [-0.3, -0.25) is 0 Å². The molecule has 0 atom stereocenters. The van der Waals surface area contributed by atoms with E-state index >= 15 is 0 Å². The molecule has 2 rings (SSSR count). The van der Waals surface area contributed by atoms with E-state index in [1.165, 1.54) is 11.3 Å². The third-order valence-electron chi connectivity index (χ3n) is 3.71. The molecule has 1 aromatic heterocycles. The van der Waals surface area contributed by atoms with Gasteiger partial charge in [-0.05, 0) is 68.7 Å². The third-order valence-corrected chi connectivity index (χ3v) is 7.04. The summed E-state index contributed by atoms with van der Waals surface area (Å²) in [6, 6.07) is 2.27. The summed E-state index contributed by atoms with van der Waals surface area (Å²) in [5.41, 5.74) is 0. The summed E-state index contributed by atoms with van der Waals surface area (Å²) < 4.78 is 28.5. The summed E-state index contributed by atoms with van der Waals surface area (Å²) in [5.74, 6) is 0. The molecular weight excluding hydrogens is 360 g/mol. The molecule has 1 aliphatic heterocycles. The minimum Gasteiger partial charge on any atom is -0.301 e. The topological polar surface area (TPSA) is 49.4 Å². The largest absolute Gasteiger partial charge is 0.301 e. The van der Waals surface area contributed by atoms with E-state index in [1.807, 2.05) is 6.92 Å². The number of halogens is 1. The maximum atomic E-state index is 12.4. The van der Waals surface area contributed by atoms with Crippen LogP contribution in [0, 0.1) is 6.92 Å². The Kier molecular flexibility index (Phi) is 5.29. The molecule has 0 aliphatic carbocycles. The van der Waals surface area contributed by atoms with E-state index in [2.05, 4.69) is 39.4 Å². The van der Waals surface area contributed by atoms with Crippen molar-refractivity contribution in [1.82, 2.24) is 9.62 Å². The maximum Gasteiger partial charge on any atom is 0.241 e. The molecule has 0 spiro atoms. The molecule has 1 N–H and O–H groups in total. The van der Waals surface area contributed by atoms with Crippen molar-refractivity contribution in [2.75, 3.05) is 13.1 Å². The molecule has 4 nitrogen and oxygen atoms in total. The average molecular weight is 381 g/mol. The lowest BCUT2D eigenvalue weighted by molar-refractivity contribution is 0.168. The molecular formula is C13H21BrN2O2S2. The number of aryl methyl sites for hydroxylation is 1. The molecule has 1 fully saturated rings. The van der Waals surface area contributed by atoms with Gasteiger partial charge in [0.25, 0.3) is 0 Å². The van der Waals surface area contributed by atoms with Gasteiger partial charge in [0.15, 0.2) is 0 Å². The van der Waals surface area contributed by atoms with Crippen LogP contribution in [-0.2, 0) is 10.0 Å². The first-order chi connectivity index (χ1) is 9.29. The van der Waals surface area contributed by atoms with Crippen LogP contribution in [0.5, 0.6) is 0 Å². The number of rotatable bonds is 4. The summed E-state index contributed by atoms with van der Waals surface area (Å²) >= 11 is 4.80. The Bertz CT molecular complexity index is 561. The third kappa shape index (κ3) is 3.82. The van der Waals surface area contributed by atoms with Crippen LogP contribution in [0.25, 0.3) is 0 Å². The first-order valence-corrected chi connectivity index (χ1v) is 9.91. The van der Waals surface area contributed by atoms with Crippen molar-refractivity contribution in [3.05, 3.63) is 14.7 Å². The standard InChI is InChI=1S/C13H21BrN2O2S2/c1-9(2)16-6-4-11(5-7-16)15-20(17,18)12-8-13(14)19-10(12)3/h8-9,11,15H,4-7H2,1-3H3. The molecule has 0 unspecified atom stereocenters. The number of nitrogens with zero attached hydrogens (tertiary/aromatic N) is 1. The Hall–Kier alpha value is 0.0500. The number of hydrogen-bond donors (Lipinski definition) is 1. The normalized spacial score (nSPS) is 18.9. The van der Waals surface area contributed by atoms with Crippen molar-refractivity contribution in [2.45, 2.75) is 50.6 Å². The lowest BCUT2D eigenvalue weighted by atomic mass is 10.1. The van der Waals surface area contributed by atoms with Crippen LogP contribution in [0.2, 0.25) is 0 Å². The predicted molar refractivity (Wildman–Crippen MR) is 86.8 cm³/mol. The zero-order valence-corrected chi connectivity index (χ0v) is 15.2. The molecule has 1 saturated heterocycles. The highest BCUT2D eigenvalue weighted by molar-refractivity contribution is 9.11. The van der Waals surface area contributed by atoms with E-state index in [1.54, 1.807) is 6.07 Å². The first kappa shape index (κ1) is 16.4. The van der Waals surface area contributed by atoms with Crippen LogP contribution in [0.4, 0.5) is 0 Å². The Balaban J connectivity index is 2.02. The second-order valence-electron chi connectivity index (χ2n) is 5.50. The number of piperidine rings is 1. The summed E-state index contributed by atoms with van der Waals surface area (Å²) in [6.45, 7) is 8.10. The minimum absolute atomic E-state index is 0.0491. The fraction of sp³-hybridized carbons (Fsp3) is 0.692. The van der Waals surface area contributed by atoms with Gasteiger partial charge in [-0.25, -0.2) is 13.1 Å². The van der Waals surface area contributed by atoms with Gasteiger partial charge in [0, 0.05) is 17.0 Å². The van der Waals surface area contributed by atoms with Crippen molar-refractivity contribution in [1.29, 1.82) is 0 Å². The van der Waals surface area contributed by atoms with Gasteiger partial charge in [-0.1, -0.05) is 0 Å². The van der Waals surface area contributed by atoms with E-state index in [-0.39, 0.29) is 6.04 Å². The van der Waals surface area contributed by atoms with Crippen LogP contribution < -0.4 is 4.72 Å². The molecule has 1 aromatic rings. The van der Waals surface area contributed by atoms with Gasteiger partial charge < -0.3 is 4.90 Å². The van der Waals surface area contributed by atoms with E-state index in [0.717, 1.165) is 34.6 Å². The molecule has 0 bridgehead atoms. The van der Waals surface area contributed by atoms with Crippen molar-refractivity contribution < 1.29 is 8.42 Å². The number of thiophene rings is 1. The smallest absolute Gasteiger partial charge is 0.241 e. The molecule has 114 valence electrons. The Morgan fingerprint density at radius 1 is 1.40 bits per heavy atom. The van der Waals surface area contributed by atoms with Crippen molar-refractivity contribution in [3.8, 4) is 0 Å². The van der Waals surface area contributed by atoms with Crippen molar-refractivity contribution in [3.63, 3.8) is 0 Å². The number of nitrogens with one attached hydrogen (secondary N) is 1. The monoisotopic (exact) mass is 380 g/mol. The highest BCUT2D eigenvalue weighted by Gasteiger charge is 2.27. The molecule has 0 aromatic carbocycles. The Morgan fingerprint density at radius 3 is 2.45 bits per heavy atom. The van der Waals surface area contributed by atoms with Crippen molar-refractivity contribution in [2.24, 2.45) is 0 Å².